The molecule has 2 atom stereocenters. The molecule has 0 spiro atoms. The third-order valence-electron chi connectivity index (χ3n) is 6.53. The Hall–Kier alpha value is -3.88. The Morgan fingerprint density at radius 2 is 1.86 bits per heavy atom. The van der Waals surface area contributed by atoms with Crippen molar-refractivity contribution in [3.63, 3.8) is 0 Å². The lowest BCUT2D eigenvalue weighted by atomic mass is 9.96. The van der Waals surface area contributed by atoms with E-state index in [1.165, 1.54) is 6.92 Å². The van der Waals surface area contributed by atoms with Gasteiger partial charge in [-0.25, -0.2) is 0 Å². The van der Waals surface area contributed by atoms with Gasteiger partial charge in [0.15, 0.2) is 5.11 Å². The van der Waals surface area contributed by atoms with Gasteiger partial charge in [-0.3, -0.25) is 9.78 Å². The minimum Gasteiger partial charge on any atom is -0.506 e. The molecule has 0 bridgehead atoms. The van der Waals surface area contributed by atoms with Crippen LogP contribution in [0.5, 0.6) is 5.75 Å². The molecule has 4 aromatic rings. The molecule has 9 heteroatoms. The van der Waals surface area contributed by atoms with Crippen LogP contribution in [0.4, 0.5) is 11.4 Å². The van der Waals surface area contributed by atoms with Crippen LogP contribution in [0.25, 0.3) is 5.69 Å². The van der Waals surface area contributed by atoms with Crippen molar-refractivity contribution in [3.05, 3.63) is 101 Å². The number of rotatable bonds is 5. The smallest absolute Gasteiger partial charge is 0.221 e. The number of nitrogens with one attached hydrogen (secondary N) is 2. The van der Waals surface area contributed by atoms with Crippen LogP contribution in [0.15, 0.2) is 72.9 Å². The molecular formula is C28H26ClN5O2S. The number of amides is 1. The van der Waals surface area contributed by atoms with E-state index in [-0.39, 0.29) is 23.7 Å². The number of phenols is 1. The van der Waals surface area contributed by atoms with Crippen molar-refractivity contribution >= 4 is 46.2 Å². The molecule has 3 heterocycles. The fourth-order valence-electron chi connectivity index (χ4n) is 4.99. The van der Waals surface area contributed by atoms with E-state index in [0.717, 1.165) is 28.3 Å². The van der Waals surface area contributed by atoms with Crippen LogP contribution < -0.4 is 15.5 Å². The zero-order valence-corrected chi connectivity index (χ0v) is 22.1. The first kappa shape index (κ1) is 24.8. The number of thiocarbonyl (C=S) groups is 1. The summed E-state index contributed by atoms with van der Waals surface area (Å²) in [7, 11) is 0. The summed E-state index contributed by atoms with van der Waals surface area (Å²) in [5.74, 6) is 0.0143. The second-order valence-electron chi connectivity index (χ2n) is 9.02. The number of hydrogen-bond acceptors (Lipinski definition) is 4. The van der Waals surface area contributed by atoms with Gasteiger partial charge in [-0.15, -0.1) is 0 Å². The molecule has 1 saturated heterocycles. The first-order valence-electron chi connectivity index (χ1n) is 11.8. The topological polar surface area (TPSA) is 82.4 Å². The maximum atomic E-state index is 11.5. The number of halogens is 1. The van der Waals surface area contributed by atoms with Crippen molar-refractivity contribution in [3.8, 4) is 11.4 Å². The van der Waals surface area contributed by atoms with E-state index in [2.05, 4.69) is 26.6 Å². The Morgan fingerprint density at radius 1 is 1.11 bits per heavy atom. The van der Waals surface area contributed by atoms with Gasteiger partial charge in [0.25, 0.3) is 0 Å². The summed E-state index contributed by atoms with van der Waals surface area (Å²) in [6.07, 6.45) is 1.77. The third kappa shape index (κ3) is 4.65. The number of hydrogen-bond donors (Lipinski definition) is 3. The van der Waals surface area contributed by atoms with Gasteiger partial charge >= 0.3 is 0 Å². The van der Waals surface area contributed by atoms with Gasteiger partial charge in [0.2, 0.25) is 5.91 Å². The first-order valence-corrected chi connectivity index (χ1v) is 12.6. The maximum absolute atomic E-state index is 11.5. The lowest BCUT2D eigenvalue weighted by molar-refractivity contribution is -0.114. The molecule has 2 aromatic carbocycles. The summed E-state index contributed by atoms with van der Waals surface area (Å²) in [5.41, 5.74) is 6.00. The van der Waals surface area contributed by atoms with Crippen molar-refractivity contribution < 1.29 is 9.90 Å². The van der Waals surface area contributed by atoms with Crippen LogP contribution in [0.3, 0.4) is 0 Å². The third-order valence-corrected chi connectivity index (χ3v) is 7.08. The molecule has 5 rings (SSSR count). The van der Waals surface area contributed by atoms with E-state index in [4.69, 9.17) is 23.8 Å². The normalized spacial score (nSPS) is 17.1. The van der Waals surface area contributed by atoms with Crippen LogP contribution in [0.2, 0.25) is 5.02 Å². The molecule has 7 nitrogen and oxygen atoms in total. The highest BCUT2D eigenvalue weighted by Crippen LogP contribution is 2.44. The van der Waals surface area contributed by atoms with E-state index in [1.807, 2.05) is 60.9 Å². The summed E-state index contributed by atoms with van der Waals surface area (Å²) >= 11 is 12.1. The lowest BCUT2D eigenvalue weighted by Gasteiger charge is -2.28. The van der Waals surface area contributed by atoms with Crippen molar-refractivity contribution in [2.24, 2.45) is 0 Å². The highest BCUT2D eigenvalue weighted by atomic mass is 35.5. The molecule has 0 radical (unpaired) electrons. The maximum Gasteiger partial charge on any atom is 0.221 e. The van der Waals surface area contributed by atoms with Crippen LogP contribution in [0.1, 0.15) is 41.7 Å². The largest absolute Gasteiger partial charge is 0.506 e. The minimum atomic E-state index is -0.227. The van der Waals surface area contributed by atoms with Crippen LogP contribution >= 0.6 is 23.8 Å². The number of nitrogens with zero attached hydrogens (tertiary/aromatic N) is 3. The zero-order chi connectivity index (χ0) is 26.3. The van der Waals surface area contributed by atoms with Gasteiger partial charge in [0.1, 0.15) is 5.75 Å². The standard InChI is InChI=1S/C28H26ClN5O2S/c1-16-14-22(17(2)33(16)24-15-19(29)7-12-25(24)36)27-26(23-6-4-5-13-30-23)32-28(37)34(27)21-10-8-20(9-11-21)31-18(3)35/h4-15,26-27,36H,1-3H3,(H,31,35)(H,32,37)/t26-,27-/m1/s1. The number of anilines is 2. The number of carbonyl (C=O) groups excluding carboxylic acids is 1. The summed E-state index contributed by atoms with van der Waals surface area (Å²) in [4.78, 5) is 18.2. The zero-order valence-electron chi connectivity index (χ0n) is 20.6. The van der Waals surface area contributed by atoms with Crippen molar-refractivity contribution in [1.82, 2.24) is 14.9 Å². The highest BCUT2D eigenvalue weighted by molar-refractivity contribution is 7.80. The molecule has 2 aromatic heterocycles. The van der Waals surface area contributed by atoms with Crippen molar-refractivity contribution in [2.45, 2.75) is 32.9 Å². The molecule has 0 aliphatic carbocycles. The molecule has 1 amide bonds. The van der Waals surface area contributed by atoms with Crippen molar-refractivity contribution in [1.29, 1.82) is 0 Å². The number of phenolic OH excluding ortho intramolecular Hbond substituents is 1. The Bertz CT molecular complexity index is 1490. The Morgan fingerprint density at radius 3 is 2.54 bits per heavy atom. The molecule has 37 heavy (non-hydrogen) atoms. The quantitative estimate of drug-likeness (QED) is 0.275. The predicted octanol–water partition coefficient (Wildman–Crippen LogP) is 5.98. The van der Waals surface area contributed by atoms with Gasteiger partial charge < -0.3 is 25.2 Å². The summed E-state index contributed by atoms with van der Waals surface area (Å²) in [5, 5.41) is 18.0. The second-order valence-corrected chi connectivity index (χ2v) is 9.84. The molecule has 1 aliphatic heterocycles. The number of pyridine rings is 1. The predicted molar refractivity (Wildman–Crippen MR) is 151 cm³/mol. The number of aryl methyl sites for hydroxylation is 1. The summed E-state index contributed by atoms with van der Waals surface area (Å²) < 4.78 is 2.01. The summed E-state index contributed by atoms with van der Waals surface area (Å²) in [6.45, 7) is 5.51. The Kier molecular flexibility index (Phi) is 6.62. The highest BCUT2D eigenvalue weighted by Gasteiger charge is 2.42. The molecule has 1 aliphatic rings. The number of benzene rings is 2. The van der Waals surface area contributed by atoms with Crippen LogP contribution in [-0.4, -0.2) is 25.7 Å². The van der Waals surface area contributed by atoms with E-state index < -0.39 is 0 Å². The van der Waals surface area contributed by atoms with E-state index in [0.29, 0.717) is 21.5 Å². The second kappa shape index (κ2) is 9.88. The average Bonchev–Trinajstić information content (AvgIpc) is 3.36. The monoisotopic (exact) mass is 531 g/mol. The van der Waals surface area contributed by atoms with Gasteiger partial charge in [0, 0.05) is 40.9 Å². The summed E-state index contributed by atoms with van der Waals surface area (Å²) in [6, 6.07) is 20.1. The van der Waals surface area contributed by atoms with Gasteiger partial charge in [-0.1, -0.05) is 17.7 Å². The van der Waals surface area contributed by atoms with Crippen molar-refractivity contribution in [2.75, 3.05) is 10.2 Å². The van der Waals surface area contributed by atoms with Gasteiger partial charge in [-0.05, 0) is 92.3 Å². The van der Waals surface area contributed by atoms with E-state index >= 15 is 0 Å². The average molecular weight is 532 g/mol. The molecule has 188 valence electrons. The van der Waals surface area contributed by atoms with E-state index in [9.17, 15) is 9.90 Å². The minimum absolute atomic E-state index is 0.129. The molecular weight excluding hydrogens is 506 g/mol. The number of aromatic nitrogens is 2. The van der Waals surface area contributed by atoms with Gasteiger partial charge in [0.05, 0.1) is 23.5 Å². The fourth-order valence-corrected chi connectivity index (χ4v) is 5.50. The molecule has 0 unspecified atom stereocenters. The molecule has 3 N–H and O–H groups in total. The Labute approximate surface area is 225 Å². The van der Waals surface area contributed by atoms with Crippen LogP contribution in [-0.2, 0) is 4.79 Å². The Balaban J connectivity index is 1.65. The molecule has 0 saturated carbocycles. The van der Waals surface area contributed by atoms with Gasteiger partial charge in [-0.2, -0.15) is 0 Å². The number of carbonyl (C=O) groups is 1. The lowest BCUT2D eigenvalue weighted by Crippen LogP contribution is -2.29. The first-order chi connectivity index (χ1) is 17.7. The SMILES string of the molecule is CC(=O)Nc1ccc(N2C(=S)N[C@H](c3ccccn3)[C@H]2c2cc(C)n(-c3cc(Cl)ccc3O)c2C)cc1. The van der Waals surface area contributed by atoms with Crippen LogP contribution in [0, 0.1) is 13.8 Å². The van der Waals surface area contributed by atoms with E-state index in [1.54, 1.807) is 24.4 Å². The number of aromatic hydroxyl groups is 1. The molecule has 1 fully saturated rings. The fraction of sp³-hybridized carbons (Fsp3) is 0.179.